The quantitative estimate of drug-likeness (QED) is 0.173. The highest BCUT2D eigenvalue weighted by atomic mass is 35.5. The fourth-order valence-corrected chi connectivity index (χ4v) is 3.95. The predicted molar refractivity (Wildman–Crippen MR) is 138 cm³/mol. The molecule has 2 heterocycles. The number of thioether (sulfide) groups is 1. The molecule has 0 aliphatic rings. The van der Waals surface area contributed by atoms with E-state index >= 15 is 0 Å². The van der Waals surface area contributed by atoms with Crippen LogP contribution in [0.5, 0.6) is 5.75 Å². The SMILES string of the molecule is CCOc1ccc(-n2c(SCC(=O)NN=CC=Cc3ccco3)nnc2-c2ccc(Cl)cc2)cc1. The maximum Gasteiger partial charge on any atom is 0.250 e. The highest BCUT2D eigenvalue weighted by molar-refractivity contribution is 7.99. The summed E-state index contributed by atoms with van der Waals surface area (Å²) in [6.45, 7) is 2.52. The van der Waals surface area contributed by atoms with E-state index in [1.165, 1.54) is 18.0 Å². The lowest BCUT2D eigenvalue weighted by Crippen LogP contribution is -2.19. The summed E-state index contributed by atoms with van der Waals surface area (Å²) in [7, 11) is 0. The number of carbonyl (C=O) groups is 1. The van der Waals surface area contributed by atoms with Gasteiger partial charge in [0.15, 0.2) is 11.0 Å². The van der Waals surface area contributed by atoms with E-state index in [9.17, 15) is 4.79 Å². The van der Waals surface area contributed by atoms with E-state index in [1.54, 1.807) is 36.6 Å². The number of hydrazone groups is 1. The summed E-state index contributed by atoms with van der Waals surface area (Å²) < 4.78 is 12.6. The van der Waals surface area contributed by atoms with Gasteiger partial charge in [-0.15, -0.1) is 10.2 Å². The lowest BCUT2D eigenvalue weighted by atomic mass is 10.2. The van der Waals surface area contributed by atoms with Crippen LogP contribution in [0, 0.1) is 0 Å². The molecule has 4 aromatic rings. The minimum atomic E-state index is -0.271. The Bertz CT molecular complexity index is 1300. The van der Waals surface area contributed by atoms with E-state index in [0.29, 0.717) is 28.4 Å². The lowest BCUT2D eigenvalue weighted by Gasteiger charge is -2.11. The molecular weight excluding hydrogens is 486 g/mol. The first-order valence-corrected chi connectivity index (χ1v) is 12.1. The van der Waals surface area contributed by atoms with Gasteiger partial charge in [0, 0.05) is 22.5 Å². The van der Waals surface area contributed by atoms with Crippen LogP contribution in [0.3, 0.4) is 0 Å². The van der Waals surface area contributed by atoms with Gasteiger partial charge in [0.1, 0.15) is 11.5 Å². The monoisotopic (exact) mass is 507 g/mol. The number of hydrogen-bond donors (Lipinski definition) is 1. The predicted octanol–water partition coefficient (Wildman–Crippen LogP) is 5.49. The molecular formula is C25H22ClN5O3S. The first-order valence-electron chi connectivity index (χ1n) is 10.7. The molecule has 0 saturated heterocycles. The summed E-state index contributed by atoms with van der Waals surface area (Å²) in [6, 6.07) is 18.6. The highest BCUT2D eigenvalue weighted by Gasteiger charge is 2.17. The molecule has 0 unspecified atom stereocenters. The van der Waals surface area contributed by atoms with E-state index in [4.69, 9.17) is 20.8 Å². The van der Waals surface area contributed by atoms with Crippen molar-refractivity contribution >= 4 is 41.6 Å². The van der Waals surface area contributed by atoms with Gasteiger partial charge in [-0.2, -0.15) is 5.10 Å². The van der Waals surface area contributed by atoms with Crippen LogP contribution in [-0.4, -0.2) is 39.2 Å². The van der Waals surface area contributed by atoms with Gasteiger partial charge in [-0.3, -0.25) is 9.36 Å². The molecule has 0 atom stereocenters. The Morgan fingerprint density at radius 3 is 2.69 bits per heavy atom. The zero-order valence-corrected chi connectivity index (χ0v) is 20.4. The Morgan fingerprint density at radius 2 is 1.97 bits per heavy atom. The minimum absolute atomic E-state index is 0.106. The van der Waals surface area contributed by atoms with Gasteiger partial charge >= 0.3 is 0 Å². The van der Waals surface area contributed by atoms with Crippen LogP contribution < -0.4 is 10.2 Å². The van der Waals surface area contributed by atoms with Gasteiger partial charge in [-0.25, -0.2) is 5.43 Å². The number of nitrogens with one attached hydrogen (secondary N) is 1. The van der Waals surface area contributed by atoms with Crippen LogP contribution in [0.2, 0.25) is 5.02 Å². The zero-order chi connectivity index (χ0) is 24.5. The first-order chi connectivity index (χ1) is 17.1. The number of amides is 1. The maximum absolute atomic E-state index is 12.3. The topological polar surface area (TPSA) is 94.5 Å². The number of halogens is 1. The number of allylic oxidation sites excluding steroid dienone is 1. The fraction of sp³-hybridized carbons (Fsp3) is 0.120. The summed E-state index contributed by atoms with van der Waals surface area (Å²) in [6.07, 6.45) is 6.47. The van der Waals surface area contributed by atoms with Crippen molar-refractivity contribution in [2.45, 2.75) is 12.1 Å². The second kappa shape index (κ2) is 12.0. The summed E-state index contributed by atoms with van der Waals surface area (Å²) in [5.41, 5.74) is 4.19. The van der Waals surface area contributed by atoms with E-state index in [2.05, 4.69) is 20.7 Å². The lowest BCUT2D eigenvalue weighted by molar-refractivity contribution is -0.118. The normalized spacial score (nSPS) is 11.4. The average molecular weight is 508 g/mol. The number of ether oxygens (including phenoxy) is 1. The maximum atomic E-state index is 12.3. The number of aromatic nitrogens is 3. The molecule has 178 valence electrons. The minimum Gasteiger partial charge on any atom is -0.494 e. The summed E-state index contributed by atoms with van der Waals surface area (Å²) in [5, 5.41) is 13.8. The molecule has 8 nitrogen and oxygen atoms in total. The van der Waals surface area contributed by atoms with Gasteiger partial charge in [0.05, 0.1) is 18.6 Å². The second-order valence-corrected chi connectivity index (χ2v) is 8.43. The Morgan fingerprint density at radius 1 is 1.17 bits per heavy atom. The molecule has 0 spiro atoms. The van der Waals surface area contributed by atoms with Gasteiger partial charge in [-0.05, 0) is 79.7 Å². The summed E-state index contributed by atoms with van der Waals surface area (Å²) in [5.74, 6) is 1.93. The van der Waals surface area contributed by atoms with Crippen molar-refractivity contribution in [1.29, 1.82) is 0 Å². The van der Waals surface area contributed by atoms with E-state index in [0.717, 1.165) is 17.0 Å². The molecule has 2 aromatic heterocycles. The molecule has 0 fully saturated rings. The third-order valence-electron chi connectivity index (χ3n) is 4.63. The van der Waals surface area contributed by atoms with Crippen LogP contribution in [-0.2, 0) is 4.79 Å². The van der Waals surface area contributed by atoms with Crippen molar-refractivity contribution in [3.63, 3.8) is 0 Å². The van der Waals surface area contributed by atoms with Gasteiger partial charge in [0.25, 0.3) is 5.91 Å². The van der Waals surface area contributed by atoms with Crippen LogP contribution >= 0.6 is 23.4 Å². The van der Waals surface area contributed by atoms with Crippen LogP contribution in [0.4, 0.5) is 0 Å². The molecule has 0 bridgehead atoms. The Labute approximate surface area is 211 Å². The molecule has 0 aliphatic heterocycles. The number of benzene rings is 2. The number of rotatable bonds is 10. The molecule has 1 amide bonds. The van der Waals surface area contributed by atoms with Gasteiger partial charge < -0.3 is 9.15 Å². The number of nitrogens with zero attached hydrogens (tertiary/aromatic N) is 4. The number of hydrogen-bond acceptors (Lipinski definition) is 7. The Balaban J connectivity index is 1.48. The van der Waals surface area contributed by atoms with Crippen LogP contribution in [0.25, 0.3) is 23.2 Å². The third kappa shape index (κ3) is 6.62. The molecule has 10 heteroatoms. The molecule has 4 rings (SSSR count). The molecule has 2 aromatic carbocycles. The molecule has 0 aliphatic carbocycles. The van der Waals surface area contributed by atoms with Crippen molar-refractivity contribution in [3.8, 4) is 22.8 Å². The van der Waals surface area contributed by atoms with Crippen molar-refractivity contribution in [2.75, 3.05) is 12.4 Å². The standard InChI is InChI=1S/C25H22ClN5O3S/c1-2-33-22-13-11-20(12-14-22)31-24(18-7-9-19(26)10-8-18)29-30-25(31)35-17-23(32)28-27-15-3-5-21-6-4-16-34-21/h3-16H,2,17H2,1H3,(H,28,32). The Hall–Kier alpha value is -3.82. The van der Waals surface area contributed by atoms with E-state index < -0.39 is 0 Å². The van der Waals surface area contributed by atoms with Crippen molar-refractivity contribution in [1.82, 2.24) is 20.2 Å². The van der Waals surface area contributed by atoms with Crippen LogP contribution in [0.1, 0.15) is 12.7 Å². The third-order valence-corrected chi connectivity index (χ3v) is 5.81. The molecule has 0 radical (unpaired) electrons. The number of carbonyl (C=O) groups excluding carboxylic acids is 1. The van der Waals surface area contributed by atoms with Gasteiger partial charge in [-0.1, -0.05) is 23.4 Å². The largest absolute Gasteiger partial charge is 0.494 e. The van der Waals surface area contributed by atoms with E-state index in [-0.39, 0.29) is 11.7 Å². The molecule has 0 saturated carbocycles. The van der Waals surface area contributed by atoms with Gasteiger partial charge in [0.2, 0.25) is 0 Å². The summed E-state index contributed by atoms with van der Waals surface area (Å²) in [4.78, 5) is 12.3. The highest BCUT2D eigenvalue weighted by Crippen LogP contribution is 2.29. The molecule has 1 N–H and O–H groups in total. The average Bonchev–Trinajstić information content (AvgIpc) is 3.54. The van der Waals surface area contributed by atoms with E-state index in [1.807, 2.05) is 54.0 Å². The zero-order valence-electron chi connectivity index (χ0n) is 18.8. The Kier molecular flexibility index (Phi) is 8.37. The van der Waals surface area contributed by atoms with Crippen molar-refractivity contribution in [3.05, 3.63) is 83.8 Å². The fourth-order valence-electron chi connectivity index (χ4n) is 3.08. The van der Waals surface area contributed by atoms with Crippen molar-refractivity contribution < 1.29 is 13.9 Å². The molecule has 35 heavy (non-hydrogen) atoms. The first kappa shape index (κ1) is 24.3. The number of furan rings is 1. The smallest absolute Gasteiger partial charge is 0.250 e. The summed E-state index contributed by atoms with van der Waals surface area (Å²) >= 11 is 7.31. The van der Waals surface area contributed by atoms with Crippen molar-refractivity contribution in [2.24, 2.45) is 5.10 Å². The second-order valence-electron chi connectivity index (χ2n) is 7.05. The van der Waals surface area contributed by atoms with Crippen LogP contribution in [0.15, 0.2) is 87.7 Å².